The highest BCUT2D eigenvalue weighted by atomic mass is 127. The van der Waals surface area contributed by atoms with Crippen molar-refractivity contribution in [3.8, 4) is 11.4 Å². The summed E-state index contributed by atoms with van der Waals surface area (Å²) in [5.74, 6) is -2.62. The summed E-state index contributed by atoms with van der Waals surface area (Å²) in [5, 5.41) is 10.6. The van der Waals surface area contributed by atoms with Gasteiger partial charge in [-0.05, 0) is 28.7 Å². The van der Waals surface area contributed by atoms with Crippen LogP contribution in [0.1, 0.15) is 0 Å². The number of benzene rings is 1. The van der Waals surface area contributed by atoms with Gasteiger partial charge in [0.25, 0.3) is 0 Å². The summed E-state index contributed by atoms with van der Waals surface area (Å²) in [6.07, 6.45) is 1.27. The molecule has 9 heteroatoms. The van der Waals surface area contributed by atoms with E-state index in [1.807, 2.05) is 22.6 Å². The lowest BCUT2D eigenvalue weighted by Gasteiger charge is -2.05. The van der Waals surface area contributed by atoms with E-state index >= 15 is 0 Å². The lowest BCUT2D eigenvalue weighted by molar-refractivity contribution is -0.387. The molecule has 0 atom stereocenters. The van der Waals surface area contributed by atoms with Crippen molar-refractivity contribution in [2.45, 2.75) is 0 Å². The second kappa shape index (κ2) is 4.99. The predicted octanol–water partition coefficient (Wildman–Crippen LogP) is 2.52. The van der Waals surface area contributed by atoms with E-state index in [0.717, 1.165) is 12.1 Å². The molecule has 1 aromatic carbocycles. The molecule has 0 unspecified atom stereocenters. The van der Waals surface area contributed by atoms with Gasteiger partial charge in [0.05, 0.1) is 14.1 Å². The molecule has 0 saturated heterocycles. The van der Waals surface area contributed by atoms with Gasteiger partial charge >= 0.3 is 5.69 Å². The van der Waals surface area contributed by atoms with E-state index in [0.29, 0.717) is 3.57 Å². The third-order valence-corrected chi connectivity index (χ3v) is 3.09. The Bertz CT molecular complexity index is 681. The number of nitrogen functional groups attached to an aromatic ring is 1. The van der Waals surface area contributed by atoms with Crippen LogP contribution in [0, 0.1) is 25.3 Å². The minimum atomic E-state index is -1.33. The molecule has 2 N–H and O–H groups in total. The third kappa shape index (κ3) is 2.45. The fraction of sp³-hybridized carbons (Fsp3) is 0. The quantitative estimate of drug-likeness (QED) is 0.492. The summed E-state index contributed by atoms with van der Waals surface area (Å²) >= 11 is 1.85. The Morgan fingerprint density at radius 1 is 1.37 bits per heavy atom. The molecule has 19 heavy (non-hydrogen) atoms. The number of halogens is 3. The van der Waals surface area contributed by atoms with Gasteiger partial charge in [-0.1, -0.05) is 0 Å². The third-order valence-electron chi connectivity index (χ3n) is 2.26. The highest BCUT2D eigenvalue weighted by Gasteiger charge is 2.24. The Balaban J connectivity index is 2.70. The van der Waals surface area contributed by atoms with Gasteiger partial charge < -0.3 is 5.73 Å². The zero-order chi connectivity index (χ0) is 14.2. The molecule has 0 fully saturated rings. The van der Waals surface area contributed by atoms with Crippen LogP contribution in [0.3, 0.4) is 0 Å². The van der Waals surface area contributed by atoms with E-state index in [1.54, 1.807) is 0 Å². The van der Waals surface area contributed by atoms with Gasteiger partial charge in [-0.2, -0.15) is 4.39 Å². The maximum atomic E-state index is 13.9. The molecule has 0 aliphatic carbocycles. The fourth-order valence-corrected chi connectivity index (χ4v) is 1.65. The van der Waals surface area contributed by atoms with Crippen molar-refractivity contribution in [3.05, 3.63) is 43.6 Å². The van der Waals surface area contributed by atoms with Crippen molar-refractivity contribution < 1.29 is 13.7 Å². The molecule has 0 amide bonds. The van der Waals surface area contributed by atoms with Gasteiger partial charge in [0.15, 0.2) is 5.82 Å². The molecular weight excluding hydrogens is 373 g/mol. The highest BCUT2D eigenvalue weighted by molar-refractivity contribution is 14.1. The first-order valence-corrected chi connectivity index (χ1v) is 5.90. The van der Waals surface area contributed by atoms with Crippen LogP contribution >= 0.6 is 22.6 Å². The molecule has 1 aromatic heterocycles. The van der Waals surface area contributed by atoms with Gasteiger partial charge in [-0.3, -0.25) is 10.1 Å². The number of nitro benzene ring substituents is 1. The number of hydrogen-bond donors (Lipinski definition) is 1. The maximum absolute atomic E-state index is 13.9. The van der Waals surface area contributed by atoms with E-state index in [9.17, 15) is 18.9 Å². The molecular formula is C10H5F2IN4O2. The lowest BCUT2D eigenvalue weighted by Crippen LogP contribution is -2.03. The normalized spacial score (nSPS) is 10.5. The largest absolute Gasteiger partial charge is 0.383 e. The fourth-order valence-electron chi connectivity index (χ4n) is 1.39. The van der Waals surface area contributed by atoms with E-state index in [1.165, 1.54) is 6.20 Å². The predicted molar refractivity (Wildman–Crippen MR) is 71.2 cm³/mol. The molecule has 2 aromatic rings. The Hall–Kier alpha value is -1.91. The Labute approximate surface area is 119 Å². The molecule has 0 saturated carbocycles. The number of hydrogen-bond acceptors (Lipinski definition) is 5. The average molecular weight is 378 g/mol. The number of anilines is 1. The van der Waals surface area contributed by atoms with E-state index < -0.39 is 27.8 Å². The summed E-state index contributed by atoms with van der Waals surface area (Å²) in [4.78, 5) is 17.1. The van der Waals surface area contributed by atoms with Gasteiger partial charge in [-0.15, -0.1) is 0 Å². The van der Waals surface area contributed by atoms with Crippen molar-refractivity contribution in [2.24, 2.45) is 0 Å². The average Bonchev–Trinajstić information content (AvgIpc) is 2.33. The molecule has 0 radical (unpaired) electrons. The van der Waals surface area contributed by atoms with Crippen LogP contribution < -0.4 is 5.73 Å². The van der Waals surface area contributed by atoms with Crippen LogP contribution in [-0.4, -0.2) is 14.9 Å². The summed E-state index contributed by atoms with van der Waals surface area (Å²) in [6.45, 7) is 0. The monoisotopic (exact) mass is 378 g/mol. The molecule has 1 heterocycles. The number of rotatable bonds is 2. The summed E-state index contributed by atoms with van der Waals surface area (Å²) in [7, 11) is 0. The van der Waals surface area contributed by atoms with E-state index in [-0.39, 0.29) is 11.6 Å². The minimum absolute atomic E-state index is 0.0379. The maximum Gasteiger partial charge on any atom is 0.305 e. The van der Waals surface area contributed by atoms with Gasteiger partial charge in [0.1, 0.15) is 11.6 Å². The highest BCUT2D eigenvalue weighted by Crippen LogP contribution is 2.30. The Kier molecular flexibility index (Phi) is 3.55. The van der Waals surface area contributed by atoms with Crippen molar-refractivity contribution in [2.75, 3.05) is 5.73 Å². The SMILES string of the molecule is Nc1nc(-c2c(F)ccc([N+](=O)[O-])c2F)ncc1I. The summed E-state index contributed by atoms with van der Waals surface area (Å²) < 4.78 is 28.0. The zero-order valence-electron chi connectivity index (χ0n) is 9.10. The van der Waals surface area contributed by atoms with Crippen molar-refractivity contribution in [1.29, 1.82) is 0 Å². The number of aromatic nitrogens is 2. The Morgan fingerprint density at radius 3 is 2.63 bits per heavy atom. The first-order chi connectivity index (χ1) is 8.91. The Morgan fingerprint density at radius 2 is 2.05 bits per heavy atom. The van der Waals surface area contributed by atoms with E-state index in [2.05, 4.69) is 9.97 Å². The number of nitrogens with two attached hydrogens (primary N) is 1. The molecule has 0 aliphatic heterocycles. The second-order valence-electron chi connectivity index (χ2n) is 3.44. The molecule has 2 rings (SSSR count). The van der Waals surface area contributed by atoms with E-state index in [4.69, 9.17) is 5.73 Å². The van der Waals surface area contributed by atoms with Crippen LogP contribution in [0.5, 0.6) is 0 Å². The topological polar surface area (TPSA) is 94.9 Å². The zero-order valence-corrected chi connectivity index (χ0v) is 11.3. The second-order valence-corrected chi connectivity index (χ2v) is 4.60. The smallest absolute Gasteiger partial charge is 0.305 e. The lowest BCUT2D eigenvalue weighted by atomic mass is 10.1. The van der Waals surface area contributed by atoms with Crippen LogP contribution in [0.4, 0.5) is 20.3 Å². The molecule has 0 aliphatic rings. The standard InChI is InChI=1S/C10H5F2IN4O2/c11-4-1-2-6(17(18)19)8(12)7(4)10-15-3-5(13)9(14)16-10/h1-3H,(H2,14,15,16). The van der Waals surface area contributed by atoms with Gasteiger partial charge in [0, 0.05) is 12.3 Å². The van der Waals surface area contributed by atoms with Crippen LogP contribution in [-0.2, 0) is 0 Å². The van der Waals surface area contributed by atoms with Crippen molar-refractivity contribution in [1.82, 2.24) is 9.97 Å². The summed E-state index contributed by atoms with van der Waals surface area (Å²) in [6, 6.07) is 1.53. The molecule has 0 bridgehead atoms. The van der Waals surface area contributed by atoms with Crippen molar-refractivity contribution >= 4 is 34.1 Å². The number of nitrogens with zero attached hydrogens (tertiary/aromatic N) is 3. The molecule has 98 valence electrons. The first-order valence-electron chi connectivity index (χ1n) is 4.82. The number of nitro groups is 1. The minimum Gasteiger partial charge on any atom is -0.383 e. The van der Waals surface area contributed by atoms with Crippen LogP contribution in [0.25, 0.3) is 11.4 Å². The van der Waals surface area contributed by atoms with Gasteiger partial charge in [-0.25, -0.2) is 14.4 Å². The van der Waals surface area contributed by atoms with Gasteiger partial charge in [0.2, 0.25) is 5.82 Å². The molecule has 6 nitrogen and oxygen atoms in total. The molecule has 0 spiro atoms. The van der Waals surface area contributed by atoms with Crippen LogP contribution in [0.15, 0.2) is 18.3 Å². The van der Waals surface area contributed by atoms with Crippen LogP contribution in [0.2, 0.25) is 0 Å². The summed E-state index contributed by atoms with van der Waals surface area (Å²) in [5.41, 5.74) is 4.00. The first kappa shape index (κ1) is 13.5. The van der Waals surface area contributed by atoms with Crippen molar-refractivity contribution in [3.63, 3.8) is 0 Å².